The first-order valence-corrected chi connectivity index (χ1v) is 3.24. The third-order valence-corrected chi connectivity index (χ3v) is 1.45. The van der Waals surface area contributed by atoms with Crippen molar-refractivity contribution in [3.8, 4) is 0 Å². The lowest BCUT2D eigenvalue weighted by atomic mass is 10.1. The molecule has 0 unspecified atom stereocenters. The first kappa shape index (κ1) is 6.93. The summed E-state index contributed by atoms with van der Waals surface area (Å²) in [6.45, 7) is 2.76. The van der Waals surface area contributed by atoms with Gasteiger partial charge in [0.05, 0.1) is 13.1 Å². The number of hydrogen-bond acceptors (Lipinski definition) is 1. The normalized spacial score (nSPS) is 25.7. The molecule has 1 aliphatic heterocycles. The van der Waals surface area contributed by atoms with Crippen LogP contribution in [-0.2, 0) is 0 Å². The summed E-state index contributed by atoms with van der Waals surface area (Å²) < 4.78 is 24.1. The van der Waals surface area contributed by atoms with Crippen LogP contribution in [0.3, 0.4) is 0 Å². The van der Waals surface area contributed by atoms with Crippen LogP contribution in [0.4, 0.5) is 8.78 Å². The maximum absolute atomic E-state index is 12.1. The Morgan fingerprint density at radius 1 is 1.44 bits per heavy atom. The minimum atomic E-state index is -2.38. The summed E-state index contributed by atoms with van der Waals surface area (Å²) in [7, 11) is 0. The number of hydrogen-bond donors (Lipinski definition) is 0. The number of alkyl halides is 2. The lowest BCUT2D eigenvalue weighted by Gasteiger charge is -2.38. The molecule has 1 saturated heterocycles. The van der Waals surface area contributed by atoms with Gasteiger partial charge in [0.1, 0.15) is 0 Å². The van der Waals surface area contributed by atoms with E-state index in [-0.39, 0.29) is 13.1 Å². The van der Waals surface area contributed by atoms with E-state index in [9.17, 15) is 8.78 Å². The summed E-state index contributed by atoms with van der Waals surface area (Å²) in [6.07, 6.45) is 0.968. The summed E-state index contributed by atoms with van der Waals surface area (Å²) in [5.41, 5.74) is 0. The van der Waals surface area contributed by atoms with Gasteiger partial charge >= 0.3 is 0 Å². The van der Waals surface area contributed by atoms with Crippen LogP contribution in [0.5, 0.6) is 0 Å². The second-order valence-electron chi connectivity index (χ2n) is 2.57. The van der Waals surface area contributed by atoms with Crippen molar-refractivity contribution in [3.05, 3.63) is 0 Å². The quantitative estimate of drug-likeness (QED) is 0.552. The van der Waals surface area contributed by atoms with Crippen molar-refractivity contribution in [2.75, 3.05) is 19.6 Å². The van der Waals surface area contributed by atoms with E-state index in [1.165, 1.54) is 0 Å². The number of nitrogens with zero attached hydrogens (tertiary/aromatic N) is 1. The van der Waals surface area contributed by atoms with E-state index >= 15 is 0 Å². The minimum Gasteiger partial charge on any atom is -0.291 e. The Balaban J connectivity index is 2.12. The molecule has 9 heavy (non-hydrogen) atoms. The lowest BCUT2D eigenvalue weighted by molar-refractivity contribution is -0.130. The largest absolute Gasteiger partial charge is 0.291 e. The van der Waals surface area contributed by atoms with Gasteiger partial charge in [0.2, 0.25) is 0 Å². The zero-order chi connectivity index (χ0) is 6.91. The Bertz CT molecular complexity index is 95.2. The van der Waals surface area contributed by atoms with Gasteiger partial charge in [-0.3, -0.25) is 4.90 Å². The first-order chi connectivity index (χ1) is 4.14. The minimum absolute atomic E-state index is 0.0269. The molecule has 0 aromatic rings. The van der Waals surface area contributed by atoms with Crippen LogP contribution < -0.4 is 0 Å². The summed E-state index contributed by atoms with van der Waals surface area (Å²) in [5, 5.41) is 0. The Morgan fingerprint density at radius 2 is 2.00 bits per heavy atom. The van der Waals surface area contributed by atoms with E-state index in [4.69, 9.17) is 0 Å². The summed E-state index contributed by atoms with van der Waals surface area (Å²) in [4.78, 5) is 1.76. The third-order valence-electron chi connectivity index (χ3n) is 1.45. The van der Waals surface area contributed by atoms with Crippen molar-refractivity contribution < 1.29 is 8.78 Å². The zero-order valence-electron chi connectivity index (χ0n) is 5.53. The summed E-state index contributed by atoms with van der Waals surface area (Å²) in [6, 6.07) is 0. The highest BCUT2D eigenvalue weighted by Gasteiger charge is 2.42. The molecule has 1 fully saturated rings. The van der Waals surface area contributed by atoms with E-state index in [1.807, 2.05) is 6.92 Å². The molecule has 0 N–H and O–H groups in total. The molecule has 0 saturated carbocycles. The zero-order valence-corrected chi connectivity index (χ0v) is 5.53. The average molecular weight is 135 g/mol. The molecule has 1 rings (SSSR count). The second kappa shape index (κ2) is 2.21. The van der Waals surface area contributed by atoms with Crippen LogP contribution >= 0.6 is 0 Å². The van der Waals surface area contributed by atoms with E-state index in [2.05, 4.69) is 0 Å². The molecule has 0 aliphatic carbocycles. The van der Waals surface area contributed by atoms with Crippen molar-refractivity contribution in [2.45, 2.75) is 19.3 Å². The maximum atomic E-state index is 12.1. The van der Waals surface area contributed by atoms with E-state index < -0.39 is 5.92 Å². The molecule has 0 spiro atoms. The molecule has 1 heterocycles. The lowest BCUT2D eigenvalue weighted by Crippen LogP contribution is -2.56. The average Bonchev–Trinajstić information content (AvgIpc) is 1.62. The summed E-state index contributed by atoms with van der Waals surface area (Å²) in [5.74, 6) is -2.38. The van der Waals surface area contributed by atoms with Crippen LogP contribution in [-0.4, -0.2) is 30.5 Å². The Morgan fingerprint density at radius 3 is 2.33 bits per heavy atom. The van der Waals surface area contributed by atoms with Crippen molar-refractivity contribution >= 4 is 0 Å². The molecular formula is C6H11F2N. The van der Waals surface area contributed by atoms with Gasteiger partial charge in [-0.1, -0.05) is 6.92 Å². The van der Waals surface area contributed by atoms with Crippen LogP contribution in [0.2, 0.25) is 0 Å². The molecule has 54 valence electrons. The van der Waals surface area contributed by atoms with Crippen molar-refractivity contribution in [3.63, 3.8) is 0 Å². The first-order valence-electron chi connectivity index (χ1n) is 3.24. The molecule has 0 radical (unpaired) electrons. The van der Waals surface area contributed by atoms with E-state index in [1.54, 1.807) is 4.90 Å². The highest BCUT2D eigenvalue weighted by Crippen LogP contribution is 2.25. The van der Waals surface area contributed by atoms with Crippen LogP contribution in [0.25, 0.3) is 0 Å². The predicted octanol–water partition coefficient (Wildman–Crippen LogP) is 1.35. The summed E-state index contributed by atoms with van der Waals surface area (Å²) >= 11 is 0. The number of likely N-dealkylation sites (tertiary alicyclic amines) is 1. The van der Waals surface area contributed by atoms with Crippen molar-refractivity contribution in [2.24, 2.45) is 0 Å². The molecule has 3 heteroatoms. The van der Waals surface area contributed by atoms with Gasteiger partial charge in [-0.05, 0) is 13.0 Å². The molecule has 1 nitrogen and oxygen atoms in total. The number of halogens is 2. The monoisotopic (exact) mass is 135 g/mol. The van der Waals surface area contributed by atoms with Gasteiger partial charge in [0, 0.05) is 0 Å². The van der Waals surface area contributed by atoms with Gasteiger partial charge in [-0.15, -0.1) is 0 Å². The molecule has 0 atom stereocenters. The fraction of sp³-hybridized carbons (Fsp3) is 1.00. The Hall–Kier alpha value is -0.180. The van der Waals surface area contributed by atoms with Crippen LogP contribution in [0.1, 0.15) is 13.3 Å². The van der Waals surface area contributed by atoms with Gasteiger partial charge in [-0.2, -0.15) is 0 Å². The van der Waals surface area contributed by atoms with Gasteiger partial charge in [-0.25, -0.2) is 8.78 Å². The Kier molecular flexibility index (Phi) is 1.70. The fourth-order valence-corrected chi connectivity index (χ4v) is 1.08. The van der Waals surface area contributed by atoms with Crippen molar-refractivity contribution in [1.29, 1.82) is 0 Å². The SMILES string of the molecule is CCCN1CC(F)(F)C1. The molecule has 0 aromatic heterocycles. The third kappa shape index (κ3) is 1.61. The fourth-order valence-electron chi connectivity index (χ4n) is 1.08. The van der Waals surface area contributed by atoms with E-state index in [0.29, 0.717) is 0 Å². The molecule has 0 amide bonds. The standard InChI is InChI=1S/C6H11F2N/c1-2-3-9-4-6(7,8)5-9/h2-5H2,1H3. The second-order valence-corrected chi connectivity index (χ2v) is 2.57. The molecule has 0 aromatic carbocycles. The van der Waals surface area contributed by atoms with Gasteiger partial charge in [0.15, 0.2) is 0 Å². The highest BCUT2D eigenvalue weighted by molar-refractivity contribution is 4.86. The maximum Gasteiger partial charge on any atom is 0.272 e. The van der Waals surface area contributed by atoms with Gasteiger partial charge < -0.3 is 0 Å². The predicted molar refractivity (Wildman–Crippen MR) is 31.7 cm³/mol. The van der Waals surface area contributed by atoms with Crippen LogP contribution in [0, 0.1) is 0 Å². The molecular weight excluding hydrogens is 124 g/mol. The highest BCUT2D eigenvalue weighted by atomic mass is 19.3. The number of rotatable bonds is 2. The smallest absolute Gasteiger partial charge is 0.272 e. The molecule has 0 bridgehead atoms. The Labute approximate surface area is 53.6 Å². The van der Waals surface area contributed by atoms with E-state index in [0.717, 1.165) is 13.0 Å². The molecule has 1 aliphatic rings. The van der Waals surface area contributed by atoms with Crippen LogP contribution in [0.15, 0.2) is 0 Å². The van der Waals surface area contributed by atoms with Gasteiger partial charge in [0.25, 0.3) is 5.92 Å². The topological polar surface area (TPSA) is 3.24 Å². The van der Waals surface area contributed by atoms with Crippen molar-refractivity contribution in [1.82, 2.24) is 4.90 Å².